The van der Waals surface area contributed by atoms with Crippen LogP contribution in [0, 0.1) is 0 Å². The van der Waals surface area contributed by atoms with Gasteiger partial charge < -0.3 is 34.3 Å². The van der Waals surface area contributed by atoms with Gasteiger partial charge in [-0.15, -0.1) is 0 Å². The standard InChI is InChI=1S/C47H80O12S/c1-3-5-7-9-11-13-15-16-17-18-19-20-21-22-23-24-25-26-27-28-30-32-34-36-43(49)57-41(39-55-37-35-33-31-29-14-12-10-8-6-4-2)40-56-47-45(51)46(59-60(52,53)54)44(50)42(38-48)58-47/h5,7,11,13,16-17,19-20,22-23,25-26,41-42,44-48,50-51H,3-4,6,8-10,12,14-15,18,21,24,27-40H2,1-2H3,(H,52,53,54)/b7-5-,13-11-,17-16-,20-19-,23-22-,26-25-. The van der Waals surface area contributed by atoms with Crippen LogP contribution in [0.4, 0.5) is 0 Å². The Hall–Kier alpha value is -2.46. The number of aliphatic hydroxyl groups excluding tert-OH is 3. The third-order valence-electron chi connectivity index (χ3n) is 9.84. The van der Waals surface area contributed by atoms with Crippen LogP contribution in [0.15, 0.2) is 72.9 Å². The Balaban J connectivity index is 2.41. The van der Waals surface area contributed by atoms with E-state index in [0.29, 0.717) is 13.0 Å². The van der Waals surface area contributed by atoms with Gasteiger partial charge in [-0.05, 0) is 64.2 Å². The van der Waals surface area contributed by atoms with Crippen LogP contribution in [-0.2, 0) is 38.3 Å². The minimum atomic E-state index is -5.07. The lowest BCUT2D eigenvalue weighted by atomic mass is 9.99. The molecule has 4 N–H and O–H groups in total. The van der Waals surface area contributed by atoms with Crippen molar-refractivity contribution >= 4 is 16.4 Å². The quantitative estimate of drug-likeness (QED) is 0.0200. The fourth-order valence-electron chi connectivity index (χ4n) is 6.44. The van der Waals surface area contributed by atoms with Crippen LogP contribution in [0.5, 0.6) is 0 Å². The van der Waals surface area contributed by atoms with Crippen molar-refractivity contribution in [2.24, 2.45) is 0 Å². The van der Waals surface area contributed by atoms with Gasteiger partial charge in [-0.3, -0.25) is 9.35 Å². The molecule has 1 aliphatic heterocycles. The Labute approximate surface area is 362 Å². The molecule has 13 heteroatoms. The lowest BCUT2D eigenvalue weighted by Crippen LogP contribution is -2.60. The second-order valence-corrected chi connectivity index (χ2v) is 16.3. The topological polar surface area (TPSA) is 178 Å². The Kier molecular flexibility index (Phi) is 35.4. The van der Waals surface area contributed by atoms with Crippen molar-refractivity contribution in [1.29, 1.82) is 0 Å². The fourth-order valence-corrected chi connectivity index (χ4v) is 6.95. The van der Waals surface area contributed by atoms with Gasteiger partial charge in [-0.2, -0.15) is 8.42 Å². The highest BCUT2D eigenvalue weighted by Crippen LogP contribution is 2.26. The van der Waals surface area contributed by atoms with E-state index in [1.807, 2.05) is 0 Å². The zero-order valence-corrected chi connectivity index (χ0v) is 37.6. The number of carbonyl (C=O) groups is 1. The third-order valence-corrected chi connectivity index (χ3v) is 10.3. The van der Waals surface area contributed by atoms with Crippen molar-refractivity contribution in [2.45, 2.75) is 192 Å². The number of ether oxygens (including phenoxy) is 4. The molecule has 0 radical (unpaired) electrons. The van der Waals surface area contributed by atoms with Crippen molar-refractivity contribution < 1.29 is 56.2 Å². The molecule has 1 heterocycles. The molecule has 12 nitrogen and oxygen atoms in total. The van der Waals surface area contributed by atoms with Crippen LogP contribution in [0.25, 0.3) is 0 Å². The monoisotopic (exact) mass is 869 g/mol. The molecule has 1 rings (SSSR count). The van der Waals surface area contributed by atoms with Gasteiger partial charge in [0.05, 0.1) is 19.8 Å². The number of unbranched alkanes of at least 4 members (excludes halogenated alkanes) is 13. The molecule has 0 aromatic rings. The number of allylic oxidation sites excluding steroid dienone is 12. The van der Waals surface area contributed by atoms with Gasteiger partial charge in [-0.25, -0.2) is 4.18 Å². The normalized spacial score (nSPS) is 20.9. The fraction of sp³-hybridized carbons (Fsp3) is 0.723. The third kappa shape index (κ3) is 31.4. The minimum Gasteiger partial charge on any atom is -0.457 e. The molecular formula is C47H80O12S. The number of carbonyl (C=O) groups excluding carboxylic acids is 1. The second kappa shape index (κ2) is 38.2. The maximum atomic E-state index is 12.8. The molecule has 0 amide bonds. The van der Waals surface area contributed by atoms with Crippen LogP contribution in [-0.4, -0.2) is 97.5 Å². The van der Waals surface area contributed by atoms with Crippen molar-refractivity contribution in [1.82, 2.24) is 0 Å². The van der Waals surface area contributed by atoms with Gasteiger partial charge in [0.15, 0.2) is 6.29 Å². The number of hydrogen-bond acceptors (Lipinski definition) is 11. The summed E-state index contributed by atoms with van der Waals surface area (Å²) in [4.78, 5) is 12.8. The van der Waals surface area contributed by atoms with E-state index in [4.69, 9.17) is 23.5 Å². The van der Waals surface area contributed by atoms with E-state index in [1.54, 1.807) is 0 Å². The van der Waals surface area contributed by atoms with E-state index in [0.717, 1.165) is 83.5 Å². The molecule has 6 atom stereocenters. The van der Waals surface area contributed by atoms with E-state index in [1.165, 1.54) is 44.9 Å². The lowest BCUT2D eigenvalue weighted by Gasteiger charge is -2.41. The van der Waals surface area contributed by atoms with Crippen LogP contribution >= 0.6 is 0 Å². The molecule has 0 saturated carbocycles. The summed E-state index contributed by atoms with van der Waals surface area (Å²) in [5, 5.41) is 30.6. The zero-order chi connectivity index (χ0) is 43.9. The summed E-state index contributed by atoms with van der Waals surface area (Å²) in [5.74, 6) is -0.426. The molecule has 1 fully saturated rings. The zero-order valence-electron chi connectivity index (χ0n) is 36.7. The first-order valence-corrected chi connectivity index (χ1v) is 24.1. The molecular weight excluding hydrogens is 789 g/mol. The van der Waals surface area contributed by atoms with Crippen molar-refractivity contribution in [3.05, 3.63) is 72.9 Å². The maximum absolute atomic E-state index is 12.8. The Bertz CT molecular complexity index is 1330. The number of aliphatic hydroxyl groups is 3. The predicted octanol–water partition coefficient (Wildman–Crippen LogP) is 9.52. The Morgan fingerprint density at radius 2 is 1.15 bits per heavy atom. The largest absolute Gasteiger partial charge is 0.457 e. The molecule has 0 aromatic carbocycles. The average molecular weight is 869 g/mol. The SMILES string of the molecule is CC/C=C\C/C=C\C/C=C\C/C=C\C/C=C\C/C=C\CCCCCCC(=O)OC(COCCCCCCCCCCCC)COC1OC(CO)C(O)C(OS(=O)(=O)O)C1O. The van der Waals surface area contributed by atoms with Gasteiger partial charge in [0.25, 0.3) is 0 Å². The van der Waals surface area contributed by atoms with E-state index in [9.17, 15) is 28.5 Å². The molecule has 1 saturated heterocycles. The Morgan fingerprint density at radius 1 is 0.650 bits per heavy atom. The minimum absolute atomic E-state index is 0.0228. The second-order valence-electron chi connectivity index (χ2n) is 15.3. The smallest absolute Gasteiger partial charge is 0.397 e. The summed E-state index contributed by atoms with van der Waals surface area (Å²) in [7, 11) is -5.07. The average Bonchev–Trinajstić information content (AvgIpc) is 3.22. The van der Waals surface area contributed by atoms with Gasteiger partial charge in [0.2, 0.25) is 0 Å². The maximum Gasteiger partial charge on any atom is 0.397 e. The first kappa shape index (κ1) is 55.6. The van der Waals surface area contributed by atoms with Crippen LogP contribution in [0.1, 0.15) is 155 Å². The number of rotatable bonds is 38. The highest BCUT2D eigenvalue weighted by atomic mass is 32.3. The van der Waals surface area contributed by atoms with Crippen molar-refractivity contribution in [3.8, 4) is 0 Å². The van der Waals surface area contributed by atoms with Gasteiger partial charge in [0.1, 0.15) is 30.5 Å². The summed E-state index contributed by atoms with van der Waals surface area (Å²) in [6, 6.07) is 0. The van der Waals surface area contributed by atoms with Gasteiger partial charge in [-0.1, -0.05) is 157 Å². The highest BCUT2D eigenvalue weighted by molar-refractivity contribution is 7.80. The summed E-state index contributed by atoms with van der Waals surface area (Å²) in [6.45, 7) is 3.81. The van der Waals surface area contributed by atoms with Gasteiger partial charge in [0, 0.05) is 13.0 Å². The highest BCUT2D eigenvalue weighted by Gasteiger charge is 2.48. The first-order valence-electron chi connectivity index (χ1n) is 22.7. The lowest BCUT2D eigenvalue weighted by molar-refractivity contribution is -0.301. The van der Waals surface area contributed by atoms with Gasteiger partial charge >= 0.3 is 16.4 Å². The molecule has 0 bridgehead atoms. The molecule has 0 aromatic heterocycles. The van der Waals surface area contributed by atoms with Crippen LogP contribution < -0.4 is 0 Å². The van der Waals surface area contributed by atoms with Crippen LogP contribution in [0.3, 0.4) is 0 Å². The Morgan fingerprint density at radius 3 is 1.68 bits per heavy atom. The summed E-state index contributed by atoms with van der Waals surface area (Å²) < 4.78 is 58.9. The summed E-state index contributed by atoms with van der Waals surface area (Å²) in [6.07, 6.45) is 39.4. The number of hydrogen-bond donors (Lipinski definition) is 4. The molecule has 0 spiro atoms. The summed E-state index contributed by atoms with van der Waals surface area (Å²) in [5.41, 5.74) is 0. The molecule has 346 valence electrons. The molecule has 0 aliphatic carbocycles. The van der Waals surface area contributed by atoms with Crippen molar-refractivity contribution in [2.75, 3.05) is 26.4 Å². The van der Waals surface area contributed by atoms with E-state index in [2.05, 4.69) is 90.9 Å². The van der Waals surface area contributed by atoms with E-state index >= 15 is 0 Å². The molecule has 1 aliphatic rings. The van der Waals surface area contributed by atoms with E-state index < -0.39 is 59.8 Å². The molecule has 60 heavy (non-hydrogen) atoms. The first-order chi connectivity index (χ1) is 29.1. The molecule has 6 unspecified atom stereocenters. The number of esters is 1. The van der Waals surface area contributed by atoms with E-state index in [-0.39, 0.29) is 19.6 Å². The van der Waals surface area contributed by atoms with Crippen molar-refractivity contribution in [3.63, 3.8) is 0 Å². The predicted molar refractivity (Wildman–Crippen MR) is 239 cm³/mol. The summed E-state index contributed by atoms with van der Waals surface area (Å²) >= 11 is 0. The van der Waals surface area contributed by atoms with Crippen LogP contribution in [0.2, 0.25) is 0 Å².